The molecule has 2 nitrogen and oxygen atoms in total. The Morgan fingerprint density at radius 1 is 1.25 bits per heavy atom. The highest BCUT2D eigenvalue weighted by molar-refractivity contribution is 5.81. The molecule has 2 aromatic carbocycles. The lowest BCUT2D eigenvalue weighted by atomic mass is 9.77. The third kappa shape index (κ3) is 1.53. The molecule has 0 fully saturated rings. The fraction of sp³-hybridized carbons (Fsp3) is 0.294. The van der Waals surface area contributed by atoms with Crippen molar-refractivity contribution < 1.29 is 9.13 Å². The van der Waals surface area contributed by atoms with Crippen LogP contribution in [0.2, 0.25) is 0 Å². The standard InChI is InChI=1S/C17H16FNO/c1-20-15-6-5-10-7-8-19-14-9-12-11(17(15)16(10)14)3-2-4-13(12)18/h2-6,14,19H,7-9H2,1H3. The quantitative estimate of drug-likeness (QED) is 0.858. The Hall–Kier alpha value is -1.87. The summed E-state index contributed by atoms with van der Waals surface area (Å²) in [6.07, 6.45) is 1.74. The summed E-state index contributed by atoms with van der Waals surface area (Å²) in [6.45, 7) is 0.952. The lowest BCUT2D eigenvalue weighted by Gasteiger charge is -2.35. The highest BCUT2D eigenvalue weighted by Crippen LogP contribution is 2.47. The van der Waals surface area contributed by atoms with Gasteiger partial charge in [0.25, 0.3) is 0 Å². The first kappa shape index (κ1) is 11.9. The molecular formula is C17H16FNO. The van der Waals surface area contributed by atoms with Crippen LogP contribution in [0.4, 0.5) is 4.39 Å². The summed E-state index contributed by atoms with van der Waals surface area (Å²) in [5, 5.41) is 3.51. The van der Waals surface area contributed by atoms with E-state index in [9.17, 15) is 4.39 Å². The van der Waals surface area contributed by atoms with Crippen molar-refractivity contribution in [2.75, 3.05) is 13.7 Å². The Labute approximate surface area is 117 Å². The first-order chi connectivity index (χ1) is 9.79. The Morgan fingerprint density at radius 2 is 2.15 bits per heavy atom. The minimum Gasteiger partial charge on any atom is -0.496 e. The molecule has 0 bridgehead atoms. The van der Waals surface area contributed by atoms with Crippen molar-refractivity contribution in [3.05, 3.63) is 52.8 Å². The van der Waals surface area contributed by atoms with Gasteiger partial charge < -0.3 is 10.1 Å². The number of benzene rings is 2. The SMILES string of the molecule is COc1ccc2c3c1-c1cccc(F)c1CC3NCC2. The number of hydrogen-bond acceptors (Lipinski definition) is 2. The molecule has 2 aromatic rings. The number of hydrogen-bond donors (Lipinski definition) is 1. The predicted molar refractivity (Wildman–Crippen MR) is 76.5 cm³/mol. The van der Waals surface area contributed by atoms with E-state index in [0.717, 1.165) is 41.8 Å². The molecule has 4 rings (SSSR count). The van der Waals surface area contributed by atoms with Crippen LogP contribution in [0.1, 0.15) is 22.7 Å². The largest absolute Gasteiger partial charge is 0.496 e. The van der Waals surface area contributed by atoms with E-state index >= 15 is 0 Å². The second kappa shape index (κ2) is 4.32. The lowest BCUT2D eigenvalue weighted by molar-refractivity contribution is 0.411. The molecule has 0 saturated heterocycles. The number of ether oxygens (including phenoxy) is 1. The molecule has 0 amide bonds. The monoisotopic (exact) mass is 269 g/mol. The molecule has 1 aliphatic carbocycles. The van der Waals surface area contributed by atoms with Gasteiger partial charge in [0.2, 0.25) is 0 Å². The molecule has 0 saturated carbocycles. The van der Waals surface area contributed by atoms with Gasteiger partial charge >= 0.3 is 0 Å². The number of rotatable bonds is 1. The number of halogens is 1. The van der Waals surface area contributed by atoms with E-state index in [2.05, 4.69) is 11.4 Å². The topological polar surface area (TPSA) is 21.3 Å². The maximum absolute atomic E-state index is 14.2. The molecule has 0 radical (unpaired) electrons. The first-order valence-corrected chi connectivity index (χ1v) is 7.00. The van der Waals surface area contributed by atoms with Crippen LogP contribution in [0.25, 0.3) is 11.1 Å². The molecule has 0 aromatic heterocycles. The van der Waals surface area contributed by atoms with Crippen molar-refractivity contribution in [2.24, 2.45) is 0 Å². The maximum atomic E-state index is 14.2. The van der Waals surface area contributed by atoms with Gasteiger partial charge in [-0.2, -0.15) is 0 Å². The van der Waals surface area contributed by atoms with Crippen LogP contribution in [0.15, 0.2) is 30.3 Å². The van der Waals surface area contributed by atoms with E-state index in [1.807, 2.05) is 12.1 Å². The normalized spacial score (nSPS) is 19.2. The van der Waals surface area contributed by atoms with E-state index in [4.69, 9.17) is 4.74 Å². The average molecular weight is 269 g/mol. The highest BCUT2D eigenvalue weighted by atomic mass is 19.1. The predicted octanol–water partition coefficient (Wildman–Crippen LogP) is 3.24. The molecule has 2 aliphatic rings. The Kier molecular flexibility index (Phi) is 2.57. The van der Waals surface area contributed by atoms with E-state index in [-0.39, 0.29) is 11.9 Å². The minimum atomic E-state index is -0.118. The molecule has 1 atom stereocenters. The number of nitrogens with one attached hydrogen (secondary N) is 1. The van der Waals surface area contributed by atoms with Crippen molar-refractivity contribution >= 4 is 0 Å². The van der Waals surface area contributed by atoms with Crippen molar-refractivity contribution in [3.63, 3.8) is 0 Å². The van der Waals surface area contributed by atoms with Crippen LogP contribution in [0.3, 0.4) is 0 Å². The molecule has 1 N–H and O–H groups in total. The van der Waals surface area contributed by atoms with Gasteiger partial charge in [0.1, 0.15) is 11.6 Å². The lowest BCUT2D eigenvalue weighted by Crippen LogP contribution is -2.34. The van der Waals surface area contributed by atoms with Gasteiger partial charge in [0.15, 0.2) is 0 Å². The van der Waals surface area contributed by atoms with Crippen LogP contribution < -0.4 is 10.1 Å². The summed E-state index contributed by atoms with van der Waals surface area (Å²) in [6, 6.07) is 9.69. The fourth-order valence-electron chi connectivity index (χ4n) is 3.57. The zero-order valence-corrected chi connectivity index (χ0v) is 11.4. The highest BCUT2D eigenvalue weighted by Gasteiger charge is 2.32. The van der Waals surface area contributed by atoms with Gasteiger partial charge in [-0.25, -0.2) is 4.39 Å². The average Bonchev–Trinajstić information content (AvgIpc) is 2.49. The Morgan fingerprint density at radius 3 is 3.00 bits per heavy atom. The molecule has 1 aliphatic heterocycles. The summed E-state index contributed by atoms with van der Waals surface area (Å²) >= 11 is 0. The molecule has 1 heterocycles. The van der Waals surface area contributed by atoms with Crippen LogP contribution in [0.5, 0.6) is 5.75 Å². The van der Waals surface area contributed by atoms with Gasteiger partial charge in [-0.15, -0.1) is 0 Å². The van der Waals surface area contributed by atoms with Crippen molar-refractivity contribution in [1.82, 2.24) is 5.32 Å². The summed E-state index contributed by atoms with van der Waals surface area (Å²) in [5.74, 6) is 0.719. The van der Waals surface area contributed by atoms with Crippen molar-refractivity contribution in [2.45, 2.75) is 18.9 Å². The number of fused-ring (bicyclic) bond motifs is 2. The smallest absolute Gasteiger partial charge is 0.127 e. The Bertz CT molecular complexity index is 696. The maximum Gasteiger partial charge on any atom is 0.127 e. The van der Waals surface area contributed by atoms with Gasteiger partial charge in [-0.1, -0.05) is 18.2 Å². The molecule has 3 heteroatoms. The second-order valence-corrected chi connectivity index (χ2v) is 5.44. The van der Waals surface area contributed by atoms with Crippen LogP contribution >= 0.6 is 0 Å². The summed E-state index contributed by atoms with van der Waals surface area (Å²) < 4.78 is 19.7. The van der Waals surface area contributed by atoms with Crippen molar-refractivity contribution in [3.8, 4) is 16.9 Å². The molecular weight excluding hydrogens is 253 g/mol. The second-order valence-electron chi connectivity index (χ2n) is 5.44. The fourth-order valence-corrected chi connectivity index (χ4v) is 3.57. The molecule has 20 heavy (non-hydrogen) atoms. The van der Waals surface area contributed by atoms with E-state index in [1.165, 1.54) is 11.1 Å². The summed E-state index contributed by atoms with van der Waals surface area (Å²) in [4.78, 5) is 0. The molecule has 0 spiro atoms. The summed E-state index contributed by atoms with van der Waals surface area (Å²) in [7, 11) is 1.68. The molecule has 1 unspecified atom stereocenters. The third-order valence-electron chi connectivity index (χ3n) is 4.45. The zero-order valence-electron chi connectivity index (χ0n) is 11.4. The van der Waals surface area contributed by atoms with Crippen LogP contribution in [0, 0.1) is 5.82 Å². The third-order valence-corrected chi connectivity index (χ3v) is 4.45. The zero-order chi connectivity index (χ0) is 13.7. The molecule has 102 valence electrons. The van der Waals surface area contributed by atoms with E-state index in [0.29, 0.717) is 0 Å². The summed E-state index contributed by atoms with van der Waals surface area (Å²) in [5.41, 5.74) is 5.52. The van der Waals surface area contributed by atoms with Gasteiger partial charge in [0, 0.05) is 11.6 Å². The Balaban J connectivity index is 2.08. The van der Waals surface area contributed by atoms with E-state index < -0.39 is 0 Å². The van der Waals surface area contributed by atoms with Gasteiger partial charge in [-0.05, 0) is 53.8 Å². The van der Waals surface area contributed by atoms with Crippen LogP contribution in [-0.4, -0.2) is 13.7 Å². The van der Waals surface area contributed by atoms with Crippen molar-refractivity contribution in [1.29, 1.82) is 0 Å². The minimum absolute atomic E-state index is 0.118. The number of methoxy groups -OCH3 is 1. The first-order valence-electron chi connectivity index (χ1n) is 7.00. The van der Waals surface area contributed by atoms with E-state index in [1.54, 1.807) is 19.2 Å². The van der Waals surface area contributed by atoms with Crippen LogP contribution in [-0.2, 0) is 12.8 Å². The van der Waals surface area contributed by atoms with Gasteiger partial charge in [0.05, 0.1) is 7.11 Å². The van der Waals surface area contributed by atoms with Gasteiger partial charge in [-0.3, -0.25) is 0 Å².